The fourth-order valence-corrected chi connectivity index (χ4v) is 5.93. The second-order valence-corrected chi connectivity index (χ2v) is 10.2. The standard InChI is InChI=1S/C27H22Cl4N2O2/c28-22-20-21(23(29)25(31)24(22)30)27(35)33(26(20)34)15-9-3-1-2-8-14-32-18-12-6-4-10-16(18)17-11-5-7-13-19(17)32/h4-7,10-13H,1-3,8-9,14-15H2. The van der Waals surface area contributed by atoms with Crippen LogP contribution < -0.4 is 0 Å². The first-order valence-electron chi connectivity index (χ1n) is 11.6. The summed E-state index contributed by atoms with van der Waals surface area (Å²) in [6.07, 6.45) is 4.74. The van der Waals surface area contributed by atoms with E-state index in [1.54, 1.807) is 0 Å². The van der Waals surface area contributed by atoms with E-state index < -0.39 is 11.8 Å². The van der Waals surface area contributed by atoms with E-state index in [0.717, 1.165) is 32.2 Å². The van der Waals surface area contributed by atoms with Crippen LogP contribution in [0.3, 0.4) is 0 Å². The number of para-hydroxylation sites is 2. The molecule has 0 N–H and O–H groups in total. The van der Waals surface area contributed by atoms with Crippen molar-refractivity contribution in [1.82, 2.24) is 9.47 Å². The molecule has 4 aromatic rings. The van der Waals surface area contributed by atoms with Gasteiger partial charge in [0.1, 0.15) is 0 Å². The Labute approximate surface area is 223 Å². The Morgan fingerprint density at radius 2 is 0.971 bits per heavy atom. The summed E-state index contributed by atoms with van der Waals surface area (Å²) < 4.78 is 2.40. The van der Waals surface area contributed by atoms with Crippen LogP contribution in [-0.2, 0) is 6.54 Å². The number of benzene rings is 3. The molecule has 2 heterocycles. The number of nitrogens with zero attached hydrogens (tertiary/aromatic N) is 2. The highest BCUT2D eigenvalue weighted by atomic mass is 35.5. The van der Waals surface area contributed by atoms with Crippen molar-refractivity contribution >= 4 is 80.0 Å². The zero-order valence-electron chi connectivity index (χ0n) is 18.8. The monoisotopic (exact) mass is 546 g/mol. The first-order chi connectivity index (χ1) is 16.9. The van der Waals surface area contributed by atoms with E-state index >= 15 is 0 Å². The van der Waals surface area contributed by atoms with Gasteiger partial charge in [-0.3, -0.25) is 14.5 Å². The fraction of sp³-hybridized carbons (Fsp3) is 0.259. The first-order valence-corrected chi connectivity index (χ1v) is 13.1. The predicted octanol–water partition coefficient (Wildman–Crippen LogP) is 8.65. The molecular weight excluding hydrogens is 526 g/mol. The second kappa shape index (κ2) is 10.0. The largest absolute Gasteiger partial charge is 0.340 e. The summed E-state index contributed by atoms with van der Waals surface area (Å²) in [6, 6.07) is 17.0. The SMILES string of the molecule is O=C1c2c(Cl)c(Cl)c(Cl)c(Cl)c2C(=O)N1CCCCCCCn1c2ccccc2c2ccccc21. The van der Waals surface area contributed by atoms with Crippen LogP contribution in [0, 0.1) is 0 Å². The number of amides is 2. The minimum Gasteiger partial charge on any atom is -0.340 e. The van der Waals surface area contributed by atoms with Crippen LogP contribution in [-0.4, -0.2) is 27.8 Å². The third-order valence-electron chi connectivity index (χ3n) is 6.63. The number of hydrogen-bond donors (Lipinski definition) is 0. The summed E-state index contributed by atoms with van der Waals surface area (Å²) >= 11 is 24.5. The zero-order valence-corrected chi connectivity index (χ0v) is 21.8. The number of aromatic nitrogens is 1. The van der Waals surface area contributed by atoms with E-state index in [4.69, 9.17) is 46.4 Å². The number of fused-ring (bicyclic) bond motifs is 4. The van der Waals surface area contributed by atoms with E-state index in [0.29, 0.717) is 13.0 Å². The second-order valence-electron chi connectivity index (χ2n) is 8.72. The molecule has 0 saturated carbocycles. The van der Waals surface area contributed by atoms with Crippen molar-refractivity contribution in [3.63, 3.8) is 0 Å². The van der Waals surface area contributed by atoms with Crippen molar-refractivity contribution < 1.29 is 9.59 Å². The van der Waals surface area contributed by atoms with Crippen LogP contribution in [0.4, 0.5) is 0 Å². The summed E-state index contributed by atoms with van der Waals surface area (Å²) in [5, 5.41) is 2.49. The molecule has 180 valence electrons. The normalized spacial score (nSPS) is 13.4. The highest BCUT2D eigenvalue weighted by Gasteiger charge is 2.41. The quantitative estimate of drug-likeness (QED) is 0.0958. The zero-order chi connectivity index (χ0) is 24.7. The van der Waals surface area contributed by atoms with Gasteiger partial charge in [-0.1, -0.05) is 102 Å². The third kappa shape index (κ3) is 4.21. The van der Waals surface area contributed by atoms with Gasteiger partial charge in [0, 0.05) is 34.9 Å². The lowest BCUT2D eigenvalue weighted by molar-refractivity contribution is 0.0651. The van der Waals surface area contributed by atoms with Gasteiger partial charge in [0.05, 0.1) is 31.2 Å². The summed E-state index contributed by atoms with van der Waals surface area (Å²) in [7, 11) is 0. The van der Waals surface area contributed by atoms with Crippen molar-refractivity contribution in [2.45, 2.75) is 38.6 Å². The van der Waals surface area contributed by atoms with Crippen molar-refractivity contribution in [3.05, 3.63) is 79.7 Å². The number of imide groups is 1. The van der Waals surface area contributed by atoms with Crippen molar-refractivity contribution in [2.75, 3.05) is 6.54 Å². The van der Waals surface area contributed by atoms with Crippen molar-refractivity contribution in [2.24, 2.45) is 0 Å². The Bertz CT molecular complexity index is 1380. The van der Waals surface area contributed by atoms with Gasteiger partial charge in [-0.25, -0.2) is 0 Å². The molecule has 2 amide bonds. The van der Waals surface area contributed by atoms with E-state index in [-0.39, 0.29) is 31.2 Å². The predicted molar refractivity (Wildman–Crippen MR) is 144 cm³/mol. The summed E-state index contributed by atoms with van der Waals surface area (Å²) in [6.45, 7) is 1.26. The molecule has 1 aliphatic rings. The highest BCUT2D eigenvalue weighted by molar-refractivity contribution is 6.55. The molecular formula is C27H22Cl4N2O2. The van der Waals surface area contributed by atoms with Gasteiger partial charge in [-0.15, -0.1) is 0 Å². The number of rotatable bonds is 8. The molecule has 4 nitrogen and oxygen atoms in total. The fourth-order valence-electron chi connectivity index (χ4n) is 4.91. The Balaban J connectivity index is 1.15. The van der Waals surface area contributed by atoms with Gasteiger partial charge < -0.3 is 4.57 Å². The van der Waals surface area contributed by atoms with Crippen LogP contribution in [0.1, 0.15) is 52.8 Å². The Morgan fingerprint density at radius 3 is 1.49 bits per heavy atom. The average Bonchev–Trinajstić information content (AvgIpc) is 3.32. The molecule has 0 saturated heterocycles. The Hall–Kier alpha value is -2.24. The average molecular weight is 548 g/mol. The molecule has 1 aromatic heterocycles. The van der Waals surface area contributed by atoms with Crippen LogP contribution >= 0.6 is 46.4 Å². The third-order valence-corrected chi connectivity index (χ3v) is 8.43. The van der Waals surface area contributed by atoms with Gasteiger partial charge in [0.15, 0.2) is 0 Å². The molecule has 1 aliphatic heterocycles. The molecule has 35 heavy (non-hydrogen) atoms. The maximum absolute atomic E-state index is 12.8. The van der Waals surface area contributed by atoms with Crippen molar-refractivity contribution in [1.29, 1.82) is 0 Å². The lowest BCUT2D eigenvalue weighted by atomic mass is 10.1. The van der Waals surface area contributed by atoms with Crippen LogP contribution in [0.25, 0.3) is 21.8 Å². The highest BCUT2D eigenvalue weighted by Crippen LogP contribution is 2.44. The molecule has 0 spiro atoms. The van der Waals surface area contributed by atoms with Gasteiger partial charge in [-0.05, 0) is 25.0 Å². The number of carbonyl (C=O) groups excluding carboxylic acids is 2. The van der Waals surface area contributed by atoms with E-state index in [1.807, 2.05) is 0 Å². The van der Waals surface area contributed by atoms with Crippen LogP contribution in [0.5, 0.6) is 0 Å². The maximum Gasteiger partial charge on any atom is 0.263 e. The molecule has 0 atom stereocenters. The minimum atomic E-state index is -0.471. The Kier molecular flexibility index (Phi) is 7.00. The summed E-state index contributed by atoms with van der Waals surface area (Å²) in [5.41, 5.74) is 2.61. The molecule has 8 heteroatoms. The van der Waals surface area contributed by atoms with Gasteiger partial charge in [0.2, 0.25) is 0 Å². The lowest BCUT2D eigenvalue weighted by Gasteiger charge is -2.13. The topological polar surface area (TPSA) is 42.3 Å². The lowest BCUT2D eigenvalue weighted by Crippen LogP contribution is -2.30. The van der Waals surface area contributed by atoms with Crippen LogP contribution in [0.15, 0.2) is 48.5 Å². The number of carbonyl (C=O) groups is 2. The molecule has 0 radical (unpaired) electrons. The van der Waals surface area contributed by atoms with Crippen LogP contribution in [0.2, 0.25) is 20.1 Å². The molecule has 0 fully saturated rings. The van der Waals surface area contributed by atoms with E-state index in [2.05, 4.69) is 53.1 Å². The summed E-state index contributed by atoms with van der Waals surface area (Å²) in [4.78, 5) is 26.8. The number of hydrogen-bond acceptors (Lipinski definition) is 2. The molecule has 0 aliphatic carbocycles. The number of unbranched alkanes of at least 4 members (excludes halogenated alkanes) is 4. The minimum absolute atomic E-state index is 0.0108. The Morgan fingerprint density at radius 1 is 0.543 bits per heavy atom. The van der Waals surface area contributed by atoms with Crippen molar-refractivity contribution in [3.8, 4) is 0 Å². The van der Waals surface area contributed by atoms with Gasteiger partial charge in [0.25, 0.3) is 11.8 Å². The van der Waals surface area contributed by atoms with E-state index in [1.165, 1.54) is 26.7 Å². The maximum atomic E-state index is 12.8. The molecule has 0 unspecified atom stereocenters. The number of aryl methyl sites for hydroxylation is 1. The first kappa shape index (κ1) is 24.5. The smallest absolute Gasteiger partial charge is 0.263 e. The number of halogens is 4. The van der Waals surface area contributed by atoms with Gasteiger partial charge in [-0.2, -0.15) is 0 Å². The molecule has 5 rings (SSSR count). The molecule has 0 bridgehead atoms. The van der Waals surface area contributed by atoms with Gasteiger partial charge >= 0.3 is 0 Å². The molecule has 3 aromatic carbocycles. The van der Waals surface area contributed by atoms with E-state index in [9.17, 15) is 9.59 Å². The summed E-state index contributed by atoms with van der Waals surface area (Å²) in [5.74, 6) is -0.941.